The summed E-state index contributed by atoms with van der Waals surface area (Å²) in [6.45, 7) is 2.41. The van der Waals surface area contributed by atoms with Crippen molar-refractivity contribution in [3.8, 4) is 0 Å². The molecule has 5 heteroatoms. The second kappa shape index (κ2) is 10.4. The molecule has 3 aromatic carbocycles. The third-order valence-electron chi connectivity index (χ3n) is 4.53. The normalized spacial score (nSPS) is 11.1. The lowest BCUT2D eigenvalue weighted by molar-refractivity contribution is -0.117. The molecule has 0 aliphatic heterocycles. The van der Waals surface area contributed by atoms with Crippen LogP contribution in [-0.4, -0.2) is 18.4 Å². The summed E-state index contributed by atoms with van der Waals surface area (Å²) >= 11 is 5.94. The molecule has 0 atom stereocenters. The fraction of sp³-hybridized carbons (Fsp3) is 0.120. The van der Waals surface area contributed by atoms with Gasteiger partial charge in [0, 0.05) is 17.1 Å². The van der Waals surface area contributed by atoms with Crippen molar-refractivity contribution in [3.05, 3.63) is 112 Å². The number of hydrogen-bond acceptors (Lipinski definition) is 2. The molecule has 3 aromatic rings. The predicted molar refractivity (Wildman–Crippen MR) is 121 cm³/mol. The number of carbonyl (C=O) groups excluding carboxylic acids is 2. The Morgan fingerprint density at radius 2 is 1.57 bits per heavy atom. The van der Waals surface area contributed by atoms with Gasteiger partial charge in [0.15, 0.2) is 0 Å². The summed E-state index contributed by atoms with van der Waals surface area (Å²) in [6, 6.07) is 24.1. The van der Waals surface area contributed by atoms with Gasteiger partial charge in [-0.2, -0.15) is 0 Å². The van der Waals surface area contributed by atoms with Gasteiger partial charge >= 0.3 is 0 Å². The van der Waals surface area contributed by atoms with Crippen LogP contribution in [0.2, 0.25) is 5.02 Å². The highest BCUT2D eigenvalue weighted by atomic mass is 35.5. The molecule has 0 heterocycles. The third kappa shape index (κ3) is 6.33. The third-order valence-corrected chi connectivity index (χ3v) is 4.78. The molecule has 4 nitrogen and oxygen atoms in total. The van der Waals surface area contributed by atoms with Crippen LogP contribution in [0.5, 0.6) is 0 Å². The Kier molecular flexibility index (Phi) is 7.41. The monoisotopic (exact) mass is 418 g/mol. The topological polar surface area (TPSA) is 58.2 Å². The average molecular weight is 419 g/mol. The highest BCUT2D eigenvalue weighted by Gasteiger charge is 2.14. The second-order valence-corrected chi connectivity index (χ2v) is 7.36. The predicted octanol–water partition coefficient (Wildman–Crippen LogP) is 4.78. The molecule has 0 saturated heterocycles. The van der Waals surface area contributed by atoms with Crippen molar-refractivity contribution in [2.75, 3.05) is 6.54 Å². The first kappa shape index (κ1) is 21.3. The molecule has 2 amide bonds. The lowest BCUT2D eigenvalue weighted by atomic mass is 10.1. The number of carbonyl (C=O) groups is 2. The molecule has 30 heavy (non-hydrogen) atoms. The largest absolute Gasteiger partial charge is 0.350 e. The van der Waals surface area contributed by atoms with E-state index in [0.29, 0.717) is 23.6 Å². The van der Waals surface area contributed by atoms with Crippen LogP contribution in [0.1, 0.15) is 27.0 Å². The van der Waals surface area contributed by atoms with E-state index in [0.717, 1.165) is 16.7 Å². The van der Waals surface area contributed by atoms with E-state index in [2.05, 4.69) is 10.6 Å². The molecule has 152 valence electrons. The number of halogens is 1. The van der Waals surface area contributed by atoms with E-state index in [-0.39, 0.29) is 17.5 Å². The summed E-state index contributed by atoms with van der Waals surface area (Å²) in [7, 11) is 0. The highest BCUT2D eigenvalue weighted by molar-refractivity contribution is 6.30. The van der Waals surface area contributed by atoms with Crippen molar-refractivity contribution < 1.29 is 9.59 Å². The Bertz CT molecular complexity index is 1030. The minimum atomic E-state index is -0.346. The first-order valence-corrected chi connectivity index (χ1v) is 10.1. The zero-order chi connectivity index (χ0) is 21.3. The maximum Gasteiger partial charge on any atom is 0.267 e. The van der Waals surface area contributed by atoms with Gasteiger partial charge in [0.1, 0.15) is 5.70 Å². The summed E-state index contributed by atoms with van der Waals surface area (Å²) in [4.78, 5) is 25.5. The zero-order valence-corrected chi connectivity index (χ0v) is 17.4. The number of rotatable bonds is 7. The smallest absolute Gasteiger partial charge is 0.267 e. The SMILES string of the molecule is Cc1ccc(C(=O)N/C(=C/c2ccc(Cl)cc2)C(=O)NCCc2ccccc2)cc1. The Morgan fingerprint density at radius 1 is 0.900 bits per heavy atom. The van der Waals surface area contributed by atoms with Crippen molar-refractivity contribution in [2.45, 2.75) is 13.3 Å². The van der Waals surface area contributed by atoms with E-state index in [9.17, 15) is 9.59 Å². The second-order valence-electron chi connectivity index (χ2n) is 6.92. The van der Waals surface area contributed by atoms with Crippen LogP contribution in [0.4, 0.5) is 0 Å². The van der Waals surface area contributed by atoms with Crippen LogP contribution in [0, 0.1) is 6.92 Å². The molecule has 2 N–H and O–H groups in total. The molecule has 0 spiro atoms. The lowest BCUT2D eigenvalue weighted by Crippen LogP contribution is -2.35. The van der Waals surface area contributed by atoms with Crippen molar-refractivity contribution in [1.29, 1.82) is 0 Å². The minimum Gasteiger partial charge on any atom is -0.350 e. The molecule has 0 radical (unpaired) electrons. The number of aryl methyl sites for hydroxylation is 1. The Labute approximate surface area is 181 Å². The molecule has 3 rings (SSSR count). The Balaban J connectivity index is 1.74. The molecule has 0 bridgehead atoms. The van der Waals surface area contributed by atoms with Crippen LogP contribution < -0.4 is 10.6 Å². The standard InChI is InChI=1S/C25H23ClN2O2/c1-18-7-11-21(12-8-18)24(29)28-23(17-20-9-13-22(26)14-10-20)25(30)27-16-15-19-5-3-2-4-6-19/h2-14,17H,15-16H2,1H3,(H,27,30)(H,28,29)/b23-17+. The summed E-state index contributed by atoms with van der Waals surface area (Å²) < 4.78 is 0. The van der Waals surface area contributed by atoms with Crippen molar-refractivity contribution in [3.63, 3.8) is 0 Å². The number of amides is 2. The van der Waals surface area contributed by atoms with Crippen molar-refractivity contribution in [1.82, 2.24) is 10.6 Å². The molecule has 0 fully saturated rings. The summed E-state index contributed by atoms with van der Waals surface area (Å²) in [5, 5.41) is 6.22. The summed E-state index contributed by atoms with van der Waals surface area (Å²) in [6.07, 6.45) is 2.34. The Hall–Kier alpha value is -3.37. The van der Waals surface area contributed by atoms with Gasteiger partial charge in [-0.3, -0.25) is 9.59 Å². The van der Waals surface area contributed by atoms with Gasteiger partial charge in [0.05, 0.1) is 0 Å². The fourth-order valence-corrected chi connectivity index (χ4v) is 2.97. The molecule has 0 aliphatic carbocycles. The van der Waals surface area contributed by atoms with Crippen LogP contribution in [0.15, 0.2) is 84.6 Å². The number of benzene rings is 3. The quantitative estimate of drug-likeness (QED) is 0.542. The lowest BCUT2D eigenvalue weighted by Gasteiger charge is -2.12. The van der Waals surface area contributed by atoms with E-state index in [1.54, 1.807) is 42.5 Å². The molecule has 0 aromatic heterocycles. The van der Waals surface area contributed by atoms with E-state index < -0.39 is 0 Å². The van der Waals surface area contributed by atoms with Gasteiger partial charge in [-0.15, -0.1) is 0 Å². The van der Waals surface area contributed by atoms with Crippen molar-refractivity contribution in [2.24, 2.45) is 0 Å². The molecular weight excluding hydrogens is 396 g/mol. The van der Waals surface area contributed by atoms with Gasteiger partial charge in [0.25, 0.3) is 11.8 Å². The molecule has 0 saturated carbocycles. The first-order valence-electron chi connectivity index (χ1n) is 9.69. The highest BCUT2D eigenvalue weighted by Crippen LogP contribution is 2.13. The Morgan fingerprint density at radius 3 is 2.23 bits per heavy atom. The minimum absolute atomic E-state index is 0.177. The van der Waals surface area contributed by atoms with Crippen LogP contribution in [0.3, 0.4) is 0 Å². The number of hydrogen-bond donors (Lipinski definition) is 2. The molecular formula is C25H23ClN2O2. The molecule has 0 aliphatic rings. The fourth-order valence-electron chi connectivity index (χ4n) is 2.84. The maximum atomic E-state index is 12.8. The van der Waals surface area contributed by atoms with E-state index in [1.165, 1.54) is 0 Å². The van der Waals surface area contributed by atoms with Crippen LogP contribution >= 0.6 is 11.6 Å². The number of nitrogens with one attached hydrogen (secondary N) is 2. The summed E-state index contributed by atoms with van der Waals surface area (Å²) in [5.41, 5.74) is 3.61. The van der Waals surface area contributed by atoms with E-state index in [4.69, 9.17) is 11.6 Å². The first-order chi connectivity index (χ1) is 14.5. The van der Waals surface area contributed by atoms with Gasteiger partial charge in [-0.1, -0.05) is 71.8 Å². The van der Waals surface area contributed by atoms with Crippen molar-refractivity contribution >= 4 is 29.5 Å². The average Bonchev–Trinajstić information content (AvgIpc) is 2.76. The van der Waals surface area contributed by atoms with Gasteiger partial charge in [0.2, 0.25) is 0 Å². The molecule has 0 unspecified atom stereocenters. The van der Waals surface area contributed by atoms with Crippen LogP contribution in [-0.2, 0) is 11.2 Å². The zero-order valence-electron chi connectivity index (χ0n) is 16.7. The van der Waals surface area contributed by atoms with Gasteiger partial charge < -0.3 is 10.6 Å². The van der Waals surface area contributed by atoms with Gasteiger partial charge in [-0.25, -0.2) is 0 Å². The van der Waals surface area contributed by atoms with Crippen LogP contribution in [0.25, 0.3) is 6.08 Å². The maximum absolute atomic E-state index is 12.8. The van der Waals surface area contributed by atoms with Gasteiger partial charge in [-0.05, 0) is 54.8 Å². The van der Waals surface area contributed by atoms with E-state index >= 15 is 0 Å². The summed E-state index contributed by atoms with van der Waals surface area (Å²) in [5.74, 6) is -0.685. The van der Waals surface area contributed by atoms with E-state index in [1.807, 2.05) is 49.4 Å².